The third kappa shape index (κ3) is 7.29. The Kier molecular flexibility index (Phi) is 9.19. The fourth-order valence-electron chi connectivity index (χ4n) is 2.63. The molecule has 0 aliphatic heterocycles. The van der Waals surface area contributed by atoms with Crippen LogP contribution in [0.4, 0.5) is 18.3 Å². The Morgan fingerprint density at radius 2 is 2.00 bits per heavy atom. The maximum atomic E-state index is 12.6. The molecule has 0 amide bonds. The molecule has 0 bridgehead atoms. The maximum absolute atomic E-state index is 12.6. The molecule has 0 spiro atoms. The molecule has 10 heteroatoms. The molecule has 1 aromatic heterocycles. The van der Waals surface area contributed by atoms with Gasteiger partial charge in [0.05, 0.1) is 15.8 Å². The molecule has 0 aliphatic rings. The van der Waals surface area contributed by atoms with Crippen LogP contribution in [-0.2, 0) is 10.9 Å². The summed E-state index contributed by atoms with van der Waals surface area (Å²) in [6.45, 7) is 6.27. The quantitative estimate of drug-likeness (QED) is 0.277. The number of alkyl halides is 3. The molecular formula is C22H25F3N3O2PS. The lowest BCUT2D eigenvalue weighted by Crippen LogP contribution is -2.17. The number of nitrogens with two attached hydrogens (primary N) is 1. The van der Waals surface area contributed by atoms with Crippen LogP contribution in [0, 0.1) is 0 Å². The van der Waals surface area contributed by atoms with Gasteiger partial charge in [0.2, 0.25) is 5.13 Å². The number of amidine groups is 1. The van der Waals surface area contributed by atoms with Crippen molar-refractivity contribution in [2.75, 3.05) is 20.4 Å². The van der Waals surface area contributed by atoms with Crippen LogP contribution >= 0.6 is 19.9 Å². The van der Waals surface area contributed by atoms with Crippen molar-refractivity contribution in [3.05, 3.63) is 53.1 Å². The molecule has 1 heterocycles. The van der Waals surface area contributed by atoms with Gasteiger partial charge < -0.3 is 15.6 Å². The summed E-state index contributed by atoms with van der Waals surface area (Å²) in [6, 6.07) is 9.26. The van der Waals surface area contributed by atoms with Gasteiger partial charge in [0.25, 0.3) is 0 Å². The first-order chi connectivity index (χ1) is 15.0. The molecule has 0 saturated heterocycles. The van der Waals surface area contributed by atoms with Crippen molar-refractivity contribution < 1.29 is 23.0 Å². The number of phenols is 1. The first kappa shape index (κ1) is 25.8. The lowest BCUT2D eigenvalue weighted by atomic mass is 10.1. The first-order valence-corrected chi connectivity index (χ1v) is 11.8. The fourth-order valence-corrected chi connectivity index (χ4v) is 4.18. The van der Waals surface area contributed by atoms with E-state index in [1.807, 2.05) is 38.1 Å². The van der Waals surface area contributed by atoms with Crippen molar-refractivity contribution in [3.8, 4) is 5.75 Å². The molecule has 0 fully saturated rings. The van der Waals surface area contributed by atoms with Gasteiger partial charge in [0, 0.05) is 18.0 Å². The van der Waals surface area contributed by atoms with E-state index in [1.165, 1.54) is 18.7 Å². The van der Waals surface area contributed by atoms with E-state index in [9.17, 15) is 18.3 Å². The SMILES string of the molecule is COCC(N)=Nc1nc2ccc(C(F)(F)F)cc2s1.CPc1cccc(C=C(C)C)c1O. The van der Waals surface area contributed by atoms with E-state index in [0.717, 1.165) is 34.3 Å². The van der Waals surface area contributed by atoms with Gasteiger partial charge in [0.15, 0.2) is 0 Å². The number of aromatic nitrogens is 1. The molecule has 1 atom stereocenters. The largest absolute Gasteiger partial charge is 0.507 e. The van der Waals surface area contributed by atoms with Crippen LogP contribution in [0.3, 0.4) is 0 Å². The zero-order chi connectivity index (χ0) is 23.9. The molecule has 0 aliphatic carbocycles. The molecule has 32 heavy (non-hydrogen) atoms. The summed E-state index contributed by atoms with van der Waals surface area (Å²) in [5.41, 5.74) is 7.43. The Balaban J connectivity index is 0.000000244. The highest BCUT2D eigenvalue weighted by molar-refractivity contribution is 7.46. The summed E-state index contributed by atoms with van der Waals surface area (Å²) in [6.07, 6.45) is -2.37. The number of para-hydroxylation sites is 1. The van der Waals surface area contributed by atoms with E-state index >= 15 is 0 Å². The van der Waals surface area contributed by atoms with Crippen molar-refractivity contribution in [2.45, 2.75) is 20.0 Å². The van der Waals surface area contributed by atoms with E-state index in [4.69, 9.17) is 10.5 Å². The highest BCUT2D eigenvalue weighted by Crippen LogP contribution is 2.35. The number of benzene rings is 2. The van der Waals surface area contributed by atoms with E-state index in [-0.39, 0.29) is 12.4 Å². The lowest BCUT2D eigenvalue weighted by molar-refractivity contribution is -0.137. The van der Waals surface area contributed by atoms with Gasteiger partial charge in [-0.2, -0.15) is 13.2 Å². The number of nitrogens with zero attached hydrogens (tertiary/aromatic N) is 2. The summed E-state index contributed by atoms with van der Waals surface area (Å²) in [4.78, 5) is 8.06. The second kappa shape index (κ2) is 11.4. The molecule has 172 valence electrons. The third-order valence-corrected chi connectivity index (χ3v) is 5.87. The average molecular weight is 483 g/mol. The van der Waals surface area contributed by atoms with Crippen molar-refractivity contribution >= 4 is 52.5 Å². The standard InChI is InChI=1S/C11H10F3N3OS.C11H15OP/c1-18-5-9(15)17-10-16-7-3-2-6(11(12,13)14)4-8(7)19-10;1-8(2)7-9-5-4-6-10(13-3)11(9)12/h2-4H,5H2,1H3,(H2,15,16,17);4-7,12-13H,1-3H3. The second-order valence-corrected chi connectivity index (χ2v) is 8.98. The topological polar surface area (TPSA) is 80.7 Å². The maximum Gasteiger partial charge on any atom is 0.416 e. The minimum atomic E-state index is -4.36. The van der Waals surface area contributed by atoms with Gasteiger partial charge >= 0.3 is 6.18 Å². The van der Waals surface area contributed by atoms with Crippen molar-refractivity contribution in [1.82, 2.24) is 4.98 Å². The number of aromatic hydroxyl groups is 1. The highest BCUT2D eigenvalue weighted by Gasteiger charge is 2.30. The number of halogens is 3. The molecule has 3 aromatic rings. The number of phenolic OH excluding ortho intramolecular Hbond substituents is 1. The van der Waals surface area contributed by atoms with Gasteiger partial charge in [-0.3, -0.25) is 0 Å². The number of fused-ring (bicyclic) bond motifs is 1. The minimum Gasteiger partial charge on any atom is -0.507 e. The summed E-state index contributed by atoms with van der Waals surface area (Å²) < 4.78 is 42.9. The monoisotopic (exact) mass is 483 g/mol. The van der Waals surface area contributed by atoms with Crippen LogP contribution in [0.15, 0.2) is 47.0 Å². The average Bonchev–Trinajstić information content (AvgIpc) is 3.10. The van der Waals surface area contributed by atoms with E-state index in [1.54, 1.807) is 0 Å². The fraction of sp³-hybridized carbons (Fsp3) is 0.273. The van der Waals surface area contributed by atoms with Crippen LogP contribution in [0.2, 0.25) is 0 Å². The Labute approximate surface area is 190 Å². The van der Waals surface area contributed by atoms with E-state index in [0.29, 0.717) is 29.7 Å². The molecule has 3 N–H and O–H groups in total. The van der Waals surface area contributed by atoms with Crippen molar-refractivity contribution in [3.63, 3.8) is 0 Å². The van der Waals surface area contributed by atoms with Crippen LogP contribution in [0.5, 0.6) is 5.75 Å². The predicted octanol–water partition coefficient (Wildman–Crippen LogP) is 5.70. The molecule has 5 nitrogen and oxygen atoms in total. The zero-order valence-electron chi connectivity index (χ0n) is 18.1. The Hall–Kier alpha value is -2.48. The van der Waals surface area contributed by atoms with Crippen LogP contribution in [0.25, 0.3) is 16.3 Å². The first-order valence-electron chi connectivity index (χ1n) is 9.49. The number of ether oxygens (including phenoxy) is 1. The zero-order valence-corrected chi connectivity index (χ0v) is 19.9. The normalized spacial score (nSPS) is 12.2. The smallest absolute Gasteiger partial charge is 0.416 e. The summed E-state index contributed by atoms with van der Waals surface area (Å²) in [7, 11) is 2.11. The van der Waals surface area contributed by atoms with Crippen LogP contribution in [-0.4, -0.2) is 36.3 Å². The molecule has 2 aromatic carbocycles. The minimum absolute atomic E-state index is 0.143. The molecule has 0 radical (unpaired) electrons. The van der Waals surface area contributed by atoms with Crippen molar-refractivity contribution in [1.29, 1.82) is 0 Å². The number of hydrogen-bond donors (Lipinski definition) is 2. The summed E-state index contributed by atoms with van der Waals surface area (Å²) in [5.74, 6) is 0.655. The van der Waals surface area contributed by atoms with Crippen LogP contribution in [0.1, 0.15) is 25.0 Å². The van der Waals surface area contributed by atoms with Crippen molar-refractivity contribution in [2.24, 2.45) is 10.7 Å². The summed E-state index contributed by atoms with van der Waals surface area (Å²) >= 11 is 1.05. The number of allylic oxidation sites excluding steroid dienone is 1. The number of hydrogen-bond acceptors (Lipinski definition) is 5. The predicted molar refractivity (Wildman–Crippen MR) is 129 cm³/mol. The van der Waals surface area contributed by atoms with Gasteiger partial charge in [0.1, 0.15) is 18.2 Å². The number of thiazole rings is 1. The highest BCUT2D eigenvalue weighted by atomic mass is 32.1. The molecule has 3 rings (SSSR count). The van der Waals surface area contributed by atoms with E-state index < -0.39 is 11.7 Å². The number of methoxy groups -OCH3 is 1. The summed E-state index contributed by atoms with van der Waals surface area (Å²) in [5, 5.41) is 11.1. The lowest BCUT2D eigenvalue weighted by Gasteiger charge is -2.04. The van der Waals surface area contributed by atoms with E-state index in [2.05, 4.69) is 16.6 Å². The van der Waals surface area contributed by atoms with Gasteiger partial charge in [-0.05, 0) is 38.7 Å². The Morgan fingerprint density at radius 1 is 1.28 bits per heavy atom. The Morgan fingerprint density at radius 3 is 2.59 bits per heavy atom. The van der Waals surface area contributed by atoms with Gasteiger partial charge in [-0.1, -0.05) is 49.8 Å². The Bertz CT molecular complexity index is 1120. The molecule has 0 saturated carbocycles. The number of aliphatic imine (C=N–C) groups is 1. The molecule has 1 unspecified atom stereocenters. The van der Waals surface area contributed by atoms with Gasteiger partial charge in [-0.25, -0.2) is 9.98 Å². The third-order valence-electron chi connectivity index (χ3n) is 4.02. The molecular weight excluding hydrogens is 458 g/mol. The van der Waals surface area contributed by atoms with Gasteiger partial charge in [-0.15, -0.1) is 0 Å². The number of rotatable bonds is 5. The second-order valence-electron chi connectivity index (χ2n) is 6.93. The van der Waals surface area contributed by atoms with Crippen LogP contribution < -0.4 is 11.0 Å².